The van der Waals surface area contributed by atoms with Crippen LogP contribution in [0.2, 0.25) is 0 Å². The highest BCUT2D eigenvalue weighted by molar-refractivity contribution is 6.03. The van der Waals surface area contributed by atoms with Gasteiger partial charge in [0.1, 0.15) is 23.1 Å². The lowest BCUT2D eigenvalue weighted by Gasteiger charge is -2.24. The third kappa shape index (κ3) is 2.79. The molecule has 2 aliphatic heterocycles. The minimum absolute atomic E-state index is 0.142. The number of hydrogen-bond acceptors (Lipinski definition) is 6. The van der Waals surface area contributed by atoms with E-state index < -0.39 is 0 Å². The third-order valence-electron chi connectivity index (χ3n) is 5.61. The topological polar surface area (TPSA) is 126 Å². The fraction of sp³-hybridized carbons (Fsp3) is 0.286. The van der Waals surface area contributed by atoms with Crippen molar-refractivity contribution < 1.29 is 19.4 Å². The average Bonchev–Trinajstić information content (AvgIpc) is 3.18. The van der Waals surface area contributed by atoms with Gasteiger partial charge in [0.15, 0.2) is 0 Å². The quantitative estimate of drug-likeness (QED) is 0.673. The molecule has 5 rings (SSSR count). The highest BCUT2D eigenvalue weighted by atomic mass is 16.5. The Morgan fingerprint density at radius 3 is 2.48 bits per heavy atom. The van der Waals surface area contributed by atoms with E-state index in [2.05, 4.69) is 20.9 Å². The largest absolute Gasteiger partial charge is 0.454 e. The number of hydrogen-bond donors (Lipinski definition) is 2. The standard InChI is InChI=1S/C21H20N6O2/c22-11-14-16-13-10-15(12-4-2-1-3-5-12)29-21(13)26-19(24)17(16)18(23)25-20(14)27-6-8-28-9-7-27/h1-5,15H,6-10H2,(H2,23,25)(H2,24,26)/p+2/t15-/m1/s1. The van der Waals surface area contributed by atoms with Gasteiger partial charge in [0, 0.05) is 11.8 Å². The number of aromatic amines is 2. The second-order valence-electron chi connectivity index (χ2n) is 7.29. The van der Waals surface area contributed by atoms with Gasteiger partial charge in [-0.25, -0.2) is 9.97 Å². The number of aromatic nitrogens is 2. The summed E-state index contributed by atoms with van der Waals surface area (Å²) < 4.78 is 11.6. The number of anilines is 3. The molecule has 1 aromatic carbocycles. The number of fused-ring (bicyclic) bond motifs is 3. The van der Waals surface area contributed by atoms with E-state index in [4.69, 9.17) is 20.9 Å². The first-order valence-electron chi connectivity index (χ1n) is 9.64. The van der Waals surface area contributed by atoms with Crippen LogP contribution in [0.15, 0.2) is 30.3 Å². The number of rotatable bonds is 2. The van der Waals surface area contributed by atoms with Gasteiger partial charge >= 0.3 is 0 Å². The smallest absolute Gasteiger partial charge is 0.287 e. The van der Waals surface area contributed by atoms with Crippen LogP contribution in [0.4, 0.5) is 17.5 Å². The summed E-state index contributed by atoms with van der Waals surface area (Å²) in [5.41, 5.74) is 15.2. The summed E-state index contributed by atoms with van der Waals surface area (Å²) in [5, 5.41) is 11.5. The maximum absolute atomic E-state index is 10.1. The van der Waals surface area contributed by atoms with Gasteiger partial charge < -0.3 is 15.2 Å². The van der Waals surface area contributed by atoms with Crippen molar-refractivity contribution in [3.05, 3.63) is 47.0 Å². The number of benzene rings is 1. The van der Waals surface area contributed by atoms with Crippen molar-refractivity contribution in [3.63, 3.8) is 0 Å². The predicted octanol–water partition coefficient (Wildman–Crippen LogP) is 1.02. The molecular formula is C21H22N6O2+2. The van der Waals surface area contributed by atoms with Gasteiger partial charge in [-0.2, -0.15) is 5.26 Å². The van der Waals surface area contributed by atoms with Crippen LogP contribution in [-0.2, 0) is 11.2 Å². The Morgan fingerprint density at radius 2 is 1.76 bits per heavy atom. The second kappa shape index (κ2) is 6.79. The zero-order chi connectivity index (χ0) is 20.0. The number of nitrogens with zero attached hydrogens (tertiary/aromatic N) is 2. The molecule has 4 heterocycles. The molecule has 146 valence electrons. The van der Waals surface area contributed by atoms with E-state index in [1.807, 2.05) is 30.3 Å². The summed E-state index contributed by atoms with van der Waals surface area (Å²) in [6, 6.07) is 12.4. The number of nitriles is 1. The number of pyridine rings is 2. The van der Waals surface area contributed by atoms with E-state index >= 15 is 0 Å². The lowest BCUT2D eigenvalue weighted by atomic mass is 9.97. The molecular weight excluding hydrogens is 368 g/mol. The van der Waals surface area contributed by atoms with Crippen LogP contribution in [0, 0.1) is 11.3 Å². The molecule has 8 heteroatoms. The normalized spacial score (nSPS) is 18.3. The number of nitrogens with one attached hydrogen (secondary N) is 2. The summed E-state index contributed by atoms with van der Waals surface area (Å²) in [5.74, 6) is 2.11. The summed E-state index contributed by atoms with van der Waals surface area (Å²) in [4.78, 5) is 8.43. The highest BCUT2D eigenvalue weighted by Crippen LogP contribution is 2.42. The van der Waals surface area contributed by atoms with Crippen LogP contribution in [-0.4, -0.2) is 26.3 Å². The van der Waals surface area contributed by atoms with Crippen molar-refractivity contribution >= 4 is 28.2 Å². The van der Waals surface area contributed by atoms with E-state index in [1.54, 1.807) is 0 Å². The molecule has 1 atom stereocenters. The molecule has 0 spiro atoms. The minimum atomic E-state index is -0.142. The molecule has 0 bridgehead atoms. The molecule has 8 nitrogen and oxygen atoms in total. The molecule has 1 saturated heterocycles. The summed E-state index contributed by atoms with van der Waals surface area (Å²) >= 11 is 0. The van der Waals surface area contributed by atoms with E-state index in [-0.39, 0.29) is 6.10 Å². The number of ether oxygens (including phenoxy) is 2. The Balaban J connectivity index is 1.71. The molecule has 3 aromatic rings. The maximum atomic E-state index is 10.1. The van der Waals surface area contributed by atoms with Crippen molar-refractivity contribution in [3.8, 4) is 11.9 Å². The zero-order valence-electron chi connectivity index (χ0n) is 15.9. The number of morpholine rings is 1. The predicted molar refractivity (Wildman–Crippen MR) is 107 cm³/mol. The number of H-pyrrole nitrogens is 2. The van der Waals surface area contributed by atoms with Gasteiger partial charge in [0.25, 0.3) is 11.7 Å². The molecule has 0 radical (unpaired) electrons. The first kappa shape index (κ1) is 17.5. The Hall–Kier alpha value is -3.57. The van der Waals surface area contributed by atoms with E-state index in [9.17, 15) is 5.26 Å². The van der Waals surface area contributed by atoms with Gasteiger partial charge in [-0.05, 0) is 5.56 Å². The third-order valence-corrected chi connectivity index (χ3v) is 5.61. The summed E-state index contributed by atoms with van der Waals surface area (Å²) in [6.07, 6.45) is 0.490. The average molecular weight is 390 g/mol. The minimum Gasteiger partial charge on any atom is -0.454 e. The van der Waals surface area contributed by atoms with Crippen molar-refractivity contribution in [1.82, 2.24) is 0 Å². The molecule has 6 N–H and O–H groups in total. The van der Waals surface area contributed by atoms with Crippen molar-refractivity contribution in [2.75, 3.05) is 42.7 Å². The number of nitrogens with two attached hydrogens (primary N) is 2. The van der Waals surface area contributed by atoms with Crippen LogP contribution in [0.3, 0.4) is 0 Å². The van der Waals surface area contributed by atoms with Crippen molar-refractivity contribution in [2.45, 2.75) is 12.5 Å². The van der Waals surface area contributed by atoms with Gasteiger partial charge in [0.05, 0.1) is 31.9 Å². The van der Waals surface area contributed by atoms with Crippen LogP contribution in [0.5, 0.6) is 5.88 Å². The van der Waals surface area contributed by atoms with Crippen LogP contribution in [0.25, 0.3) is 10.8 Å². The van der Waals surface area contributed by atoms with Gasteiger partial charge in [0.2, 0.25) is 11.6 Å². The Kier molecular flexibility index (Phi) is 4.11. The van der Waals surface area contributed by atoms with E-state index in [1.165, 1.54) is 0 Å². The first-order chi connectivity index (χ1) is 14.2. The lowest BCUT2D eigenvalue weighted by molar-refractivity contribution is -0.377. The van der Waals surface area contributed by atoms with Crippen molar-refractivity contribution in [2.24, 2.45) is 0 Å². The first-order valence-corrected chi connectivity index (χ1v) is 9.64. The van der Waals surface area contributed by atoms with Crippen LogP contribution in [0.1, 0.15) is 22.8 Å². The Bertz CT molecular complexity index is 1140. The second-order valence-corrected chi connectivity index (χ2v) is 7.29. The van der Waals surface area contributed by atoms with E-state index in [0.717, 1.165) is 16.5 Å². The monoisotopic (exact) mass is 390 g/mol. The summed E-state index contributed by atoms with van der Waals surface area (Å²) in [6.45, 7) is 2.60. The number of nitrogen functional groups attached to an aromatic ring is 2. The molecule has 0 amide bonds. The molecule has 29 heavy (non-hydrogen) atoms. The zero-order valence-corrected chi connectivity index (χ0v) is 15.9. The Morgan fingerprint density at radius 1 is 1.03 bits per heavy atom. The van der Waals surface area contributed by atoms with Crippen LogP contribution >= 0.6 is 0 Å². The Labute approximate surface area is 167 Å². The maximum Gasteiger partial charge on any atom is 0.287 e. The van der Waals surface area contributed by atoms with Gasteiger partial charge in [-0.15, -0.1) is 0 Å². The SMILES string of the molecule is N#Cc1c(N2CCOCC2)[nH+]c(N)c2c(N)[nH+]c3c(c12)C[C@H](c1ccccc1)O3. The van der Waals surface area contributed by atoms with Crippen LogP contribution < -0.4 is 31.1 Å². The molecule has 0 aliphatic carbocycles. The van der Waals surface area contributed by atoms with Crippen molar-refractivity contribution in [1.29, 1.82) is 5.26 Å². The fourth-order valence-corrected chi connectivity index (χ4v) is 4.24. The molecule has 1 fully saturated rings. The summed E-state index contributed by atoms with van der Waals surface area (Å²) in [7, 11) is 0. The fourth-order valence-electron chi connectivity index (χ4n) is 4.24. The van der Waals surface area contributed by atoms with E-state index in [0.29, 0.717) is 67.0 Å². The molecule has 2 aromatic heterocycles. The highest BCUT2D eigenvalue weighted by Gasteiger charge is 2.36. The molecule has 2 aliphatic rings. The molecule has 0 saturated carbocycles. The lowest BCUT2D eigenvalue weighted by Crippen LogP contribution is -2.40. The molecule has 0 unspecified atom stereocenters. The van der Waals surface area contributed by atoms with Gasteiger partial charge in [-0.1, -0.05) is 30.3 Å². The van der Waals surface area contributed by atoms with Gasteiger partial charge in [-0.3, -0.25) is 10.6 Å².